The molecule has 0 unspecified atom stereocenters. The summed E-state index contributed by atoms with van der Waals surface area (Å²) in [5.74, 6) is 7.13. The molecule has 0 bridgehead atoms. The quantitative estimate of drug-likeness (QED) is 0.345. The Bertz CT molecular complexity index is 974. The lowest BCUT2D eigenvalue weighted by Crippen LogP contribution is -2.18. The Kier molecular flexibility index (Phi) is 6.37. The first-order chi connectivity index (χ1) is 13.5. The fraction of sp³-hybridized carbons (Fsp3) is 0.222. The zero-order valence-corrected chi connectivity index (χ0v) is 16.9. The number of nitrogens with one attached hydrogen (secondary N) is 1. The maximum atomic E-state index is 12.1. The van der Waals surface area contributed by atoms with E-state index in [0.29, 0.717) is 16.7 Å². The molecular weight excluding hydrogens is 400 g/mol. The van der Waals surface area contributed by atoms with Gasteiger partial charge in [-0.3, -0.25) is 4.79 Å². The van der Waals surface area contributed by atoms with Gasteiger partial charge in [0.05, 0.1) is 11.4 Å². The predicted molar refractivity (Wildman–Crippen MR) is 109 cm³/mol. The third kappa shape index (κ3) is 4.73. The fourth-order valence-electron chi connectivity index (χ4n) is 2.46. The van der Waals surface area contributed by atoms with E-state index in [9.17, 15) is 4.79 Å². The number of carbonyl (C=O) groups is 1. The number of hydrogen-bond acceptors (Lipinski definition) is 7. The average Bonchev–Trinajstić information content (AvgIpc) is 3.01. The van der Waals surface area contributed by atoms with E-state index in [1.807, 2.05) is 32.0 Å². The largest absolute Gasteiger partial charge is 0.485 e. The Morgan fingerprint density at radius 2 is 2.00 bits per heavy atom. The van der Waals surface area contributed by atoms with Crippen molar-refractivity contribution < 1.29 is 9.53 Å². The van der Waals surface area contributed by atoms with Crippen molar-refractivity contribution in [2.24, 2.45) is 0 Å². The molecule has 0 fully saturated rings. The van der Waals surface area contributed by atoms with Gasteiger partial charge in [0, 0.05) is 6.20 Å². The maximum Gasteiger partial charge on any atom is 0.234 e. The molecule has 2 heterocycles. The van der Waals surface area contributed by atoms with E-state index in [1.165, 1.54) is 4.68 Å². The van der Waals surface area contributed by atoms with Gasteiger partial charge in [-0.2, -0.15) is 0 Å². The van der Waals surface area contributed by atoms with Gasteiger partial charge >= 0.3 is 0 Å². The monoisotopic (exact) mass is 418 g/mol. The molecule has 0 saturated carbocycles. The van der Waals surface area contributed by atoms with Crippen LogP contribution in [-0.4, -0.2) is 31.5 Å². The summed E-state index contributed by atoms with van der Waals surface area (Å²) in [6.45, 7) is 4.13. The number of anilines is 1. The number of nitrogen functional groups attached to an aromatic ring is 1. The van der Waals surface area contributed by atoms with Crippen molar-refractivity contribution in [1.82, 2.24) is 19.9 Å². The standard InChI is InChI=1S/C18H19ClN6O2S/c1-11-5-3-6-12(2)16(11)27-9-14-23-24-18(25(14)20)28-10-15(26)22-13-7-4-8-21-17(13)19/h3-8H,9-10,20H2,1-2H3,(H,22,26). The summed E-state index contributed by atoms with van der Waals surface area (Å²) >= 11 is 7.09. The zero-order valence-electron chi connectivity index (χ0n) is 15.3. The van der Waals surface area contributed by atoms with Crippen molar-refractivity contribution in [3.63, 3.8) is 0 Å². The second kappa shape index (κ2) is 8.94. The lowest BCUT2D eigenvalue weighted by atomic mass is 10.1. The highest BCUT2D eigenvalue weighted by molar-refractivity contribution is 7.99. The van der Waals surface area contributed by atoms with Gasteiger partial charge in [-0.25, -0.2) is 9.66 Å². The minimum atomic E-state index is -0.253. The van der Waals surface area contributed by atoms with E-state index in [2.05, 4.69) is 20.5 Å². The predicted octanol–water partition coefficient (Wildman–Crippen LogP) is 2.97. The number of amides is 1. The van der Waals surface area contributed by atoms with Crippen LogP contribution in [0.5, 0.6) is 5.75 Å². The molecule has 1 aromatic carbocycles. The van der Waals surface area contributed by atoms with Crippen LogP contribution in [0.1, 0.15) is 17.0 Å². The molecule has 0 radical (unpaired) electrons. The number of carbonyl (C=O) groups excluding carboxylic acids is 1. The summed E-state index contributed by atoms with van der Waals surface area (Å²) in [6.07, 6.45) is 1.55. The second-order valence-electron chi connectivity index (χ2n) is 5.96. The summed E-state index contributed by atoms with van der Waals surface area (Å²) in [4.78, 5) is 16.0. The van der Waals surface area contributed by atoms with Crippen molar-refractivity contribution in [1.29, 1.82) is 0 Å². The molecule has 8 nitrogen and oxygen atoms in total. The van der Waals surface area contributed by atoms with Crippen LogP contribution in [0.3, 0.4) is 0 Å². The van der Waals surface area contributed by atoms with Gasteiger partial charge in [-0.05, 0) is 37.1 Å². The molecule has 1 amide bonds. The van der Waals surface area contributed by atoms with Crippen LogP contribution in [0.4, 0.5) is 5.69 Å². The molecule has 0 atom stereocenters. The first-order valence-electron chi connectivity index (χ1n) is 8.37. The number of para-hydroxylation sites is 1. The lowest BCUT2D eigenvalue weighted by Gasteiger charge is -2.11. The molecule has 3 N–H and O–H groups in total. The number of hydrogen-bond donors (Lipinski definition) is 2. The van der Waals surface area contributed by atoms with Crippen LogP contribution in [0.25, 0.3) is 0 Å². The molecular formula is C18H19ClN6O2S. The molecule has 28 heavy (non-hydrogen) atoms. The maximum absolute atomic E-state index is 12.1. The molecule has 0 aliphatic carbocycles. The van der Waals surface area contributed by atoms with Crippen LogP contribution < -0.4 is 15.9 Å². The number of nitrogens with zero attached hydrogens (tertiary/aromatic N) is 4. The molecule has 0 aliphatic heterocycles. The summed E-state index contributed by atoms with van der Waals surface area (Å²) in [5, 5.41) is 11.4. The van der Waals surface area contributed by atoms with Gasteiger partial charge in [0.15, 0.2) is 11.0 Å². The third-order valence-electron chi connectivity index (χ3n) is 3.86. The van der Waals surface area contributed by atoms with Crippen LogP contribution in [-0.2, 0) is 11.4 Å². The first-order valence-corrected chi connectivity index (χ1v) is 9.73. The van der Waals surface area contributed by atoms with Gasteiger partial charge in [-0.1, -0.05) is 41.6 Å². The number of aryl methyl sites for hydroxylation is 2. The number of ether oxygens (including phenoxy) is 1. The Morgan fingerprint density at radius 1 is 1.25 bits per heavy atom. The van der Waals surface area contributed by atoms with Crippen LogP contribution >= 0.6 is 23.4 Å². The molecule has 0 saturated heterocycles. The zero-order chi connectivity index (χ0) is 20.1. The first kappa shape index (κ1) is 20.0. The fourth-order valence-corrected chi connectivity index (χ4v) is 3.31. The Morgan fingerprint density at radius 3 is 2.71 bits per heavy atom. The molecule has 2 aromatic heterocycles. The highest BCUT2D eigenvalue weighted by Crippen LogP contribution is 2.24. The Hall–Kier alpha value is -2.78. The summed E-state index contributed by atoms with van der Waals surface area (Å²) in [6, 6.07) is 9.29. The van der Waals surface area contributed by atoms with Crippen LogP contribution in [0.2, 0.25) is 5.15 Å². The molecule has 10 heteroatoms. The van der Waals surface area contributed by atoms with E-state index in [-0.39, 0.29) is 23.4 Å². The summed E-state index contributed by atoms with van der Waals surface area (Å²) in [5.41, 5.74) is 2.51. The van der Waals surface area contributed by atoms with E-state index in [0.717, 1.165) is 28.6 Å². The number of benzene rings is 1. The van der Waals surface area contributed by atoms with Gasteiger partial charge in [0.1, 0.15) is 12.4 Å². The average molecular weight is 419 g/mol. The molecule has 146 valence electrons. The molecule has 0 spiro atoms. The molecule has 0 aliphatic rings. The van der Waals surface area contributed by atoms with Crippen LogP contribution in [0.15, 0.2) is 41.7 Å². The van der Waals surface area contributed by atoms with Crippen molar-refractivity contribution >= 4 is 35.0 Å². The van der Waals surface area contributed by atoms with Gasteiger partial charge in [0.25, 0.3) is 0 Å². The van der Waals surface area contributed by atoms with E-state index >= 15 is 0 Å². The summed E-state index contributed by atoms with van der Waals surface area (Å²) in [7, 11) is 0. The number of rotatable bonds is 7. The molecule has 3 aromatic rings. The van der Waals surface area contributed by atoms with E-state index in [4.69, 9.17) is 22.2 Å². The Balaban J connectivity index is 1.57. The normalized spacial score (nSPS) is 10.7. The minimum Gasteiger partial charge on any atom is -0.485 e. The second-order valence-corrected chi connectivity index (χ2v) is 7.26. The number of halogens is 1. The Labute approximate surface area is 171 Å². The van der Waals surface area contributed by atoms with Crippen LogP contribution in [0, 0.1) is 13.8 Å². The number of aromatic nitrogens is 4. The molecule has 3 rings (SSSR count). The number of thioether (sulfide) groups is 1. The SMILES string of the molecule is Cc1cccc(C)c1OCc1nnc(SCC(=O)Nc2cccnc2Cl)n1N. The van der Waals surface area contributed by atoms with Crippen molar-refractivity contribution in [3.8, 4) is 5.75 Å². The highest BCUT2D eigenvalue weighted by atomic mass is 35.5. The van der Waals surface area contributed by atoms with E-state index in [1.54, 1.807) is 18.3 Å². The smallest absolute Gasteiger partial charge is 0.234 e. The van der Waals surface area contributed by atoms with Crippen molar-refractivity contribution in [3.05, 3.63) is 58.6 Å². The summed E-state index contributed by atoms with van der Waals surface area (Å²) < 4.78 is 7.17. The number of pyridine rings is 1. The van der Waals surface area contributed by atoms with Crippen molar-refractivity contribution in [2.45, 2.75) is 25.6 Å². The van der Waals surface area contributed by atoms with E-state index < -0.39 is 0 Å². The number of nitrogens with two attached hydrogens (primary N) is 1. The lowest BCUT2D eigenvalue weighted by molar-refractivity contribution is -0.113. The van der Waals surface area contributed by atoms with Gasteiger partial charge in [0.2, 0.25) is 11.1 Å². The topological polar surface area (TPSA) is 108 Å². The minimum absolute atomic E-state index is 0.0956. The highest BCUT2D eigenvalue weighted by Gasteiger charge is 2.14. The van der Waals surface area contributed by atoms with Gasteiger partial charge < -0.3 is 15.9 Å². The third-order valence-corrected chi connectivity index (χ3v) is 5.10. The van der Waals surface area contributed by atoms with Crippen molar-refractivity contribution in [2.75, 3.05) is 16.9 Å². The van der Waals surface area contributed by atoms with Gasteiger partial charge in [-0.15, -0.1) is 10.2 Å².